The zero-order valence-corrected chi connectivity index (χ0v) is 33.5. The first-order chi connectivity index (χ1) is 24.3. The average Bonchev–Trinajstić information content (AvgIpc) is 3.10. The number of rotatable bonds is 41. The Kier molecular flexibility index (Phi) is 37.8. The van der Waals surface area contributed by atoms with Crippen molar-refractivity contribution in [1.82, 2.24) is 0 Å². The minimum atomic E-state index is -4.50. The van der Waals surface area contributed by atoms with Crippen molar-refractivity contribution in [1.29, 1.82) is 0 Å². The molecule has 0 bridgehead atoms. The highest BCUT2D eigenvalue weighted by molar-refractivity contribution is 7.47. The van der Waals surface area contributed by atoms with E-state index in [1.54, 1.807) is 0 Å². The first-order valence-corrected chi connectivity index (χ1v) is 22.5. The molecule has 0 saturated heterocycles. The SMILES string of the molecule is CCCCCCCCCCCCCCCCCCCCC(=O)OC(COCCCCCCCCCCCCC)COP(=O)(O)OCC(O)CO. The first kappa shape index (κ1) is 49.5. The van der Waals surface area contributed by atoms with E-state index in [9.17, 15) is 19.4 Å². The number of phosphoric acid groups is 1. The predicted molar refractivity (Wildman–Crippen MR) is 205 cm³/mol. The zero-order valence-electron chi connectivity index (χ0n) is 32.6. The second kappa shape index (κ2) is 38.2. The van der Waals surface area contributed by atoms with Gasteiger partial charge < -0.3 is 24.6 Å². The van der Waals surface area contributed by atoms with Crippen LogP contribution < -0.4 is 0 Å². The van der Waals surface area contributed by atoms with E-state index in [1.165, 1.54) is 154 Å². The first-order valence-electron chi connectivity index (χ1n) is 21.0. The second-order valence-electron chi connectivity index (χ2n) is 14.4. The molecule has 0 aromatic heterocycles. The van der Waals surface area contributed by atoms with Gasteiger partial charge in [0.15, 0.2) is 0 Å². The van der Waals surface area contributed by atoms with Crippen LogP contribution in [-0.4, -0.2) is 66.3 Å². The van der Waals surface area contributed by atoms with Gasteiger partial charge in [-0.25, -0.2) is 4.57 Å². The quantitative estimate of drug-likeness (QED) is 0.0319. The van der Waals surface area contributed by atoms with Crippen LogP contribution in [0.5, 0.6) is 0 Å². The van der Waals surface area contributed by atoms with Crippen molar-refractivity contribution >= 4 is 13.8 Å². The normalized spacial score (nSPS) is 14.1. The van der Waals surface area contributed by atoms with Gasteiger partial charge in [0.05, 0.1) is 26.4 Å². The number of aliphatic hydroxyl groups is 2. The van der Waals surface area contributed by atoms with E-state index >= 15 is 0 Å². The number of esters is 1. The van der Waals surface area contributed by atoms with Crippen LogP contribution in [0.25, 0.3) is 0 Å². The van der Waals surface area contributed by atoms with Crippen molar-refractivity contribution in [2.24, 2.45) is 0 Å². The van der Waals surface area contributed by atoms with Crippen molar-refractivity contribution < 1.29 is 43.0 Å². The summed E-state index contributed by atoms with van der Waals surface area (Å²) >= 11 is 0. The van der Waals surface area contributed by atoms with Gasteiger partial charge in [-0.2, -0.15) is 0 Å². The molecule has 0 rings (SSSR count). The highest BCUT2D eigenvalue weighted by Crippen LogP contribution is 2.43. The molecule has 9 nitrogen and oxygen atoms in total. The molecule has 0 aliphatic rings. The molecule has 3 N–H and O–H groups in total. The van der Waals surface area contributed by atoms with Crippen LogP contribution in [0.1, 0.15) is 206 Å². The number of ether oxygens (including phenoxy) is 2. The average molecular weight is 737 g/mol. The third-order valence-corrected chi connectivity index (χ3v) is 10.2. The largest absolute Gasteiger partial charge is 0.472 e. The molecule has 0 fully saturated rings. The summed E-state index contributed by atoms with van der Waals surface area (Å²) in [4.78, 5) is 22.5. The van der Waals surface area contributed by atoms with Gasteiger partial charge in [0.1, 0.15) is 12.2 Å². The summed E-state index contributed by atoms with van der Waals surface area (Å²) in [5.74, 6) is -0.377. The minimum absolute atomic E-state index is 0.0574. The van der Waals surface area contributed by atoms with Crippen LogP contribution in [0.3, 0.4) is 0 Å². The monoisotopic (exact) mass is 737 g/mol. The predicted octanol–water partition coefficient (Wildman–Crippen LogP) is 11.1. The molecular weight excluding hydrogens is 655 g/mol. The minimum Gasteiger partial charge on any atom is -0.457 e. The second-order valence-corrected chi connectivity index (χ2v) is 15.8. The number of phosphoric ester groups is 1. The molecule has 0 aromatic carbocycles. The molecule has 300 valence electrons. The molecule has 0 spiro atoms. The standard InChI is InChI=1S/C40H81O9P/c1-3-5-7-9-11-13-15-16-17-18-19-20-21-22-24-26-28-30-32-40(43)49-39(37-48-50(44,45)47-35-38(42)34-41)36-46-33-31-29-27-25-23-14-12-10-8-6-4-2/h38-39,41-42H,3-37H2,1-2H3,(H,44,45). The molecule has 50 heavy (non-hydrogen) atoms. The van der Waals surface area contributed by atoms with Gasteiger partial charge >= 0.3 is 13.8 Å². The van der Waals surface area contributed by atoms with Crippen LogP contribution in [0.15, 0.2) is 0 Å². The third-order valence-electron chi connectivity index (χ3n) is 9.29. The van der Waals surface area contributed by atoms with E-state index < -0.39 is 33.2 Å². The Bertz CT molecular complexity index is 754. The number of hydrogen-bond acceptors (Lipinski definition) is 8. The maximum atomic E-state index is 12.6. The molecule has 0 radical (unpaired) electrons. The molecule has 0 heterocycles. The smallest absolute Gasteiger partial charge is 0.457 e. The van der Waals surface area contributed by atoms with Gasteiger partial charge in [-0.05, 0) is 12.8 Å². The Labute approximate surface area is 308 Å². The van der Waals surface area contributed by atoms with Gasteiger partial charge in [0, 0.05) is 13.0 Å². The summed E-state index contributed by atoms with van der Waals surface area (Å²) in [5.41, 5.74) is 0. The fourth-order valence-electron chi connectivity index (χ4n) is 6.06. The van der Waals surface area contributed by atoms with E-state index in [-0.39, 0.29) is 25.6 Å². The maximum absolute atomic E-state index is 12.6. The van der Waals surface area contributed by atoms with E-state index in [4.69, 9.17) is 23.6 Å². The lowest BCUT2D eigenvalue weighted by molar-refractivity contribution is -0.154. The highest BCUT2D eigenvalue weighted by atomic mass is 31.2. The summed E-state index contributed by atoms with van der Waals surface area (Å²) in [7, 11) is -4.50. The number of carbonyl (C=O) groups excluding carboxylic acids is 1. The number of carbonyl (C=O) groups is 1. The molecule has 0 saturated carbocycles. The Morgan fingerprint density at radius 3 is 1.30 bits per heavy atom. The molecule has 0 aromatic rings. The Morgan fingerprint density at radius 1 is 0.540 bits per heavy atom. The summed E-state index contributed by atoms with van der Waals surface area (Å²) in [6.07, 6.45) is 34.9. The van der Waals surface area contributed by atoms with Crippen molar-refractivity contribution in [3.05, 3.63) is 0 Å². The van der Waals surface area contributed by atoms with Crippen molar-refractivity contribution in [3.63, 3.8) is 0 Å². The molecule has 0 aliphatic carbocycles. The fourth-order valence-corrected chi connectivity index (χ4v) is 6.85. The van der Waals surface area contributed by atoms with Gasteiger partial charge in [-0.3, -0.25) is 13.8 Å². The third kappa shape index (κ3) is 37.2. The maximum Gasteiger partial charge on any atom is 0.472 e. The Morgan fingerprint density at radius 2 is 0.900 bits per heavy atom. The molecule has 3 atom stereocenters. The lowest BCUT2D eigenvalue weighted by Crippen LogP contribution is -2.29. The fraction of sp³-hybridized carbons (Fsp3) is 0.975. The lowest BCUT2D eigenvalue weighted by atomic mass is 10.0. The van der Waals surface area contributed by atoms with Crippen molar-refractivity contribution in [2.45, 2.75) is 219 Å². The van der Waals surface area contributed by atoms with Gasteiger partial charge in [-0.1, -0.05) is 187 Å². The van der Waals surface area contributed by atoms with Gasteiger partial charge in [-0.15, -0.1) is 0 Å². The molecule has 10 heteroatoms. The van der Waals surface area contributed by atoms with Gasteiger partial charge in [0.25, 0.3) is 0 Å². The lowest BCUT2D eigenvalue weighted by Gasteiger charge is -2.20. The van der Waals surface area contributed by atoms with Crippen LogP contribution in [0.4, 0.5) is 0 Å². The van der Waals surface area contributed by atoms with E-state index in [0.717, 1.165) is 32.1 Å². The zero-order chi connectivity index (χ0) is 36.8. The number of hydrogen-bond donors (Lipinski definition) is 3. The van der Waals surface area contributed by atoms with Gasteiger partial charge in [0.2, 0.25) is 0 Å². The Hall–Kier alpha value is -0.540. The molecule has 0 amide bonds. The van der Waals surface area contributed by atoms with Crippen molar-refractivity contribution in [3.8, 4) is 0 Å². The van der Waals surface area contributed by atoms with Crippen LogP contribution in [0, 0.1) is 0 Å². The Balaban J connectivity index is 4.10. The van der Waals surface area contributed by atoms with Crippen LogP contribution in [-0.2, 0) is 27.9 Å². The highest BCUT2D eigenvalue weighted by Gasteiger charge is 2.26. The summed E-state index contributed by atoms with van der Waals surface area (Å²) in [6, 6.07) is 0. The number of aliphatic hydroxyl groups excluding tert-OH is 2. The van der Waals surface area contributed by atoms with E-state index in [0.29, 0.717) is 6.61 Å². The summed E-state index contributed by atoms with van der Waals surface area (Å²) in [6.45, 7) is 3.56. The van der Waals surface area contributed by atoms with Crippen LogP contribution >= 0.6 is 7.82 Å². The number of unbranched alkanes of at least 4 members (excludes halogenated alkanes) is 27. The molecular formula is C40H81O9P. The summed E-state index contributed by atoms with van der Waals surface area (Å²) in [5, 5.41) is 18.3. The molecule has 3 unspecified atom stereocenters. The van der Waals surface area contributed by atoms with Crippen molar-refractivity contribution in [2.75, 3.05) is 33.0 Å². The summed E-state index contributed by atoms with van der Waals surface area (Å²) < 4.78 is 33.3. The topological polar surface area (TPSA) is 132 Å². The van der Waals surface area contributed by atoms with E-state index in [2.05, 4.69) is 13.8 Å². The van der Waals surface area contributed by atoms with Crippen LogP contribution in [0.2, 0.25) is 0 Å². The van der Waals surface area contributed by atoms with E-state index in [1.807, 2.05) is 0 Å². The molecule has 0 aliphatic heterocycles.